The zero-order valence-electron chi connectivity index (χ0n) is 8.63. The Morgan fingerprint density at radius 3 is 2.71 bits per heavy atom. The molecule has 0 fully saturated rings. The largest absolute Gasteiger partial charge is 0.349 e. The second kappa shape index (κ2) is 4.52. The molecule has 0 saturated heterocycles. The van der Waals surface area contributed by atoms with Crippen LogP contribution in [0.5, 0.6) is 0 Å². The highest BCUT2D eigenvalue weighted by Gasteiger charge is 2.13. The van der Waals surface area contributed by atoms with Crippen LogP contribution in [0.15, 0.2) is 0 Å². The maximum atomic E-state index is 11.6. The predicted octanol–water partition coefficient (Wildman–Crippen LogP) is 0.837. The molecule has 3 N–H and O–H groups in total. The fraction of sp³-hybridized carbons (Fsp3) is 0.556. The van der Waals surface area contributed by atoms with Crippen molar-refractivity contribution >= 4 is 17.2 Å². The Labute approximate surface area is 87.5 Å². The molecule has 4 nitrogen and oxygen atoms in total. The van der Waals surface area contributed by atoms with Gasteiger partial charge in [-0.1, -0.05) is 0 Å². The molecule has 1 aromatic rings. The Morgan fingerprint density at radius 2 is 2.29 bits per heavy atom. The molecule has 1 rings (SSSR count). The predicted molar refractivity (Wildman–Crippen MR) is 57.6 cm³/mol. The topological polar surface area (TPSA) is 68.0 Å². The third-order valence-corrected chi connectivity index (χ3v) is 2.59. The summed E-state index contributed by atoms with van der Waals surface area (Å²) in [7, 11) is 0. The van der Waals surface area contributed by atoms with E-state index >= 15 is 0 Å². The number of aromatic nitrogens is 1. The van der Waals surface area contributed by atoms with E-state index in [0.29, 0.717) is 12.2 Å². The maximum Gasteiger partial charge on any atom is 0.271 e. The molecule has 0 aliphatic rings. The summed E-state index contributed by atoms with van der Waals surface area (Å²) in [4.78, 5) is 16.7. The molecule has 0 aliphatic carbocycles. The molecule has 0 bridgehead atoms. The lowest BCUT2D eigenvalue weighted by Crippen LogP contribution is -2.35. The number of nitrogens with zero attached hydrogens (tertiary/aromatic N) is 1. The third-order valence-electron chi connectivity index (χ3n) is 1.70. The first-order valence-corrected chi connectivity index (χ1v) is 5.30. The van der Waals surface area contributed by atoms with Gasteiger partial charge < -0.3 is 11.1 Å². The highest BCUT2D eigenvalue weighted by atomic mass is 32.1. The molecule has 1 heterocycles. The summed E-state index contributed by atoms with van der Waals surface area (Å²) < 4.78 is 0. The molecule has 0 aromatic carbocycles. The average molecular weight is 213 g/mol. The van der Waals surface area contributed by atoms with Gasteiger partial charge in [0.1, 0.15) is 5.69 Å². The van der Waals surface area contributed by atoms with Crippen molar-refractivity contribution in [3.05, 3.63) is 15.6 Å². The van der Waals surface area contributed by atoms with E-state index in [1.807, 2.05) is 20.8 Å². The number of rotatable bonds is 3. The van der Waals surface area contributed by atoms with Crippen molar-refractivity contribution in [2.75, 3.05) is 6.54 Å². The molecule has 5 heteroatoms. The number of nitrogens with one attached hydrogen (secondary N) is 1. The SMILES string of the molecule is Cc1nc(C(=O)NCC(C)N)c(C)s1. The van der Waals surface area contributed by atoms with E-state index in [1.165, 1.54) is 11.3 Å². The van der Waals surface area contributed by atoms with Gasteiger partial charge in [0.25, 0.3) is 5.91 Å². The Balaban J connectivity index is 2.65. The first kappa shape index (κ1) is 11.1. The van der Waals surface area contributed by atoms with Crippen LogP contribution < -0.4 is 11.1 Å². The average Bonchev–Trinajstić information content (AvgIpc) is 2.41. The molecule has 1 unspecified atom stereocenters. The Kier molecular flexibility index (Phi) is 3.60. The summed E-state index contributed by atoms with van der Waals surface area (Å²) >= 11 is 1.53. The van der Waals surface area contributed by atoms with Crippen LogP contribution in [0, 0.1) is 13.8 Å². The van der Waals surface area contributed by atoms with Gasteiger partial charge in [-0.3, -0.25) is 4.79 Å². The second-order valence-electron chi connectivity index (χ2n) is 3.32. The quantitative estimate of drug-likeness (QED) is 0.781. The number of hydrogen-bond donors (Lipinski definition) is 2. The second-order valence-corrected chi connectivity index (χ2v) is 4.73. The van der Waals surface area contributed by atoms with Gasteiger partial charge in [0.05, 0.1) is 5.01 Å². The van der Waals surface area contributed by atoms with Gasteiger partial charge in [0.2, 0.25) is 0 Å². The number of amides is 1. The van der Waals surface area contributed by atoms with Crippen molar-refractivity contribution in [3.63, 3.8) is 0 Å². The molecule has 0 spiro atoms. The van der Waals surface area contributed by atoms with Crippen LogP contribution in [0.3, 0.4) is 0 Å². The highest BCUT2D eigenvalue weighted by molar-refractivity contribution is 7.11. The summed E-state index contributed by atoms with van der Waals surface area (Å²) in [6.45, 7) is 6.11. The summed E-state index contributed by atoms with van der Waals surface area (Å²) in [6, 6.07) is -0.0287. The minimum absolute atomic E-state index is 0.0287. The Bertz CT molecular complexity index is 333. The molecule has 0 saturated carbocycles. The standard InChI is InChI=1S/C9H15N3OS/c1-5(10)4-11-9(13)8-6(2)14-7(3)12-8/h5H,4,10H2,1-3H3,(H,11,13). The van der Waals surface area contributed by atoms with Gasteiger partial charge in [-0.25, -0.2) is 4.98 Å². The summed E-state index contributed by atoms with van der Waals surface area (Å²) in [6.07, 6.45) is 0. The molecular weight excluding hydrogens is 198 g/mol. The number of nitrogens with two attached hydrogens (primary N) is 1. The van der Waals surface area contributed by atoms with Gasteiger partial charge in [-0.2, -0.15) is 0 Å². The first-order valence-electron chi connectivity index (χ1n) is 4.48. The van der Waals surface area contributed by atoms with Crippen molar-refractivity contribution < 1.29 is 4.79 Å². The van der Waals surface area contributed by atoms with E-state index < -0.39 is 0 Å². The normalized spacial score (nSPS) is 12.6. The van der Waals surface area contributed by atoms with E-state index in [1.54, 1.807) is 0 Å². The molecular formula is C9H15N3OS. The molecule has 0 radical (unpaired) electrons. The summed E-state index contributed by atoms with van der Waals surface area (Å²) in [5.74, 6) is -0.135. The fourth-order valence-corrected chi connectivity index (χ4v) is 1.89. The maximum absolute atomic E-state index is 11.6. The lowest BCUT2D eigenvalue weighted by atomic mass is 10.3. The summed E-state index contributed by atoms with van der Waals surface area (Å²) in [5, 5.41) is 3.64. The first-order chi connectivity index (χ1) is 6.50. The van der Waals surface area contributed by atoms with Crippen LogP contribution in [0.2, 0.25) is 0 Å². The monoisotopic (exact) mass is 213 g/mol. The molecule has 0 aliphatic heterocycles. The Hall–Kier alpha value is -0.940. The number of carbonyl (C=O) groups excluding carboxylic acids is 1. The smallest absolute Gasteiger partial charge is 0.271 e. The van der Waals surface area contributed by atoms with Crippen molar-refractivity contribution in [3.8, 4) is 0 Å². The minimum Gasteiger partial charge on any atom is -0.349 e. The zero-order valence-corrected chi connectivity index (χ0v) is 9.44. The zero-order chi connectivity index (χ0) is 10.7. The van der Waals surface area contributed by atoms with Crippen molar-refractivity contribution in [1.29, 1.82) is 0 Å². The van der Waals surface area contributed by atoms with Crippen LogP contribution >= 0.6 is 11.3 Å². The van der Waals surface area contributed by atoms with Crippen LogP contribution in [-0.2, 0) is 0 Å². The van der Waals surface area contributed by atoms with Crippen LogP contribution in [0.25, 0.3) is 0 Å². The highest BCUT2D eigenvalue weighted by Crippen LogP contribution is 2.15. The van der Waals surface area contributed by atoms with Gasteiger partial charge in [0.15, 0.2) is 0 Å². The molecule has 78 valence electrons. The number of thiazole rings is 1. The number of carbonyl (C=O) groups is 1. The van der Waals surface area contributed by atoms with Gasteiger partial charge in [-0.05, 0) is 20.8 Å². The Morgan fingerprint density at radius 1 is 1.64 bits per heavy atom. The van der Waals surface area contributed by atoms with E-state index in [4.69, 9.17) is 5.73 Å². The van der Waals surface area contributed by atoms with E-state index in [-0.39, 0.29) is 11.9 Å². The van der Waals surface area contributed by atoms with Crippen molar-refractivity contribution in [1.82, 2.24) is 10.3 Å². The van der Waals surface area contributed by atoms with E-state index in [0.717, 1.165) is 9.88 Å². The van der Waals surface area contributed by atoms with E-state index in [2.05, 4.69) is 10.3 Å². The van der Waals surface area contributed by atoms with Gasteiger partial charge in [0, 0.05) is 17.5 Å². The summed E-state index contributed by atoms with van der Waals surface area (Å²) in [5.41, 5.74) is 6.05. The molecule has 1 atom stereocenters. The van der Waals surface area contributed by atoms with Crippen LogP contribution in [0.4, 0.5) is 0 Å². The molecule has 14 heavy (non-hydrogen) atoms. The number of aryl methyl sites for hydroxylation is 2. The lowest BCUT2D eigenvalue weighted by Gasteiger charge is -2.06. The van der Waals surface area contributed by atoms with Gasteiger partial charge >= 0.3 is 0 Å². The van der Waals surface area contributed by atoms with Crippen molar-refractivity contribution in [2.24, 2.45) is 5.73 Å². The molecule has 1 aromatic heterocycles. The molecule has 1 amide bonds. The van der Waals surface area contributed by atoms with Crippen molar-refractivity contribution in [2.45, 2.75) is 26.8 Å². The third kappa shape index (κ3) is 2.78. The fourth-order valence-electron chi connectivity index (χ4n) is 1.08. The van der Waals surface area contributed by atoms with Gasteiger partial charge in [-0.15, -0.1) is 11.3 Å². The number of hydrogen-bond acceptors (Lipinski definition) is 4. The lowest BCUT2D eigenvalue weighted by molar-refractivity contribution is 0.0946. The minimum atomic E-state index is -0.135. The van der Waals surface area contributed by atoms with Crippen LogP contribution in [-0.4, -0.2) is 23.5 Å². The van der Waals surface area contributed by atoms with Crippen LogP contribution in [0.1, 0.15) is 27.3 Å². The van der Waals surface area contributed by atoms with E-state index in [9.17, 15) is 4.79 Å².